The van der Waals surface area contributed by atoms with E-state index in [0.717, 1.165) is 12.8 Å². The molecule has 0 aromatic carbocycles. The van der Waals surface area contributed by atoms with E-state index in [2.05, 4.69) is 22.4 Å². The van der Waals surface area contributed by atoms with E-state index in [-0.39, 0.29) is 17.7 Å². The van der Waals surface area contributed by atoms with E-state index in [1.54, 1.807) is 6.92 Å². The summed E-state index contributed by atoms with van der Waals surface area (Å²) in [7, 11) is 0. The SMILES string of the molecule is CCCCNC(=O)C(C)Sc1nnc(CN)o1. The molecule has 1 aromatic heterocycles. The van der Waals surface area contributed by atoms with E-state index < -0.39 is 0 Å². The van der Waals surface area contributed by atoms with E-state index in [0.29, 0.717) is 17.7 Å². The first-order chi connectivity index (χ1) is 8.17. The van der Waals surface area contributed by atoms with Gasteiger partial charge in [0.25, 0.3) is 5.22 Å². The summed E-state index contributed by atoms with van der Waals surface area (Å²) in [4.78, 5) is 11.7. The summed E-state index contributed by atoms with van der Waals surface area (Å²) in [6.45, 7) is 4.80. The third-order valence-electron chi connectivity index (χ3n) is 2.10. The average Bonchev–Trinajstić information content (AvgIpc) is 2.77. The molecule has 1 heterocycles. The highest BCUT2D eigenvalue weighted by Crippen LogP contribution is 2.21. The van der Waals surface area contributed by atoms with Crippen molar-refractivity contribution in [2.45, 2.75) is 43.7 Å². The number of hydrogen-bond donors (Lipinski definition) is 2. The van der Waals surface area contributed by atoms with Crippen molar-refractivity contribution in [3.63, 3.8) is 0 Å². The van der Waals surface area contributed by atoms with Crippen molar-refractivity contribution in [2.75, 3.05) is 6.54 Å². The molecule has 1 aromatic rings. The van der Waals surface area contributed by atoms with E-state index in [1.807, 2.05) is 0 Å². The van der Waals surface area contributed by atoms with Crippen molar-refractivity contribution in [1.29, 1.82) is 0 Å². The van der Waals surface area contributed by atoms with Gasteiger partial charge in [-0.1, -0.05) is 25.1 Å². The van der Waals surface area contributed by atoms with Crippen molar-refractivity contribution < 1.29 is 9.21 Å². The zero-order chi connectivity index (χ0) is 12.7. The minimum Gasteiger partial charge on any atom is -0.415 e. The molecule has 0 saturated heterocycles. The molecule has 6 nitrogen and oxygen atoms in total. The number of nitrogens with zero attached hydrogens (tertiary/aromatic N) is 2. The molecule has 0 fully saturated rings. The summed E-state index contributed by atoms with van der Waals surface area (Å²) in [5.41, 5.74) is 5.35. The summed E-state index contributed by atoms with van der Waals surface area (Å²) in [6.07, 6.45) is 2.05. The predicted molar refractivity (Wildman–Crippen MR) is 65.4 cm³/mol. The standard InChI is InChI=1S/C10H18N4O2S/c1-3-4-5-12-9(15)7(2)17-10-14-13-8(6-11)16-10/h7H,3-6,11H2,1-2H3,(H,12,15). The molecule has 0 aliphatic rings. The van der Waals surface area contributed by atoms with Gasteiger partial charge in [0.2, 0.25) is 11.8 Å². The summed E-state index contributed by atoms with van der Waals surface area (Å²) in [5, 5.41) is 10.5. The Kier molecular flexibility index (Phi) is 5.99. The fourth-order valence-electron chi connectivity index (χ4n) is 1.11. The average molecular weight is 258 g/mol. The Morgan fingerprint density at radius 2 is 2.35 bits per heavy atom. The largest absolute Gasteiger partial charge is 0.415 e. The zero-order valence-electron chi connectivity index (χ0n) is 10.1. The Bertz CT molecular complexity index is 356. The van der Waals surface area contributed by atoms with Crippen LogP contribution in [0.3, 0.4) is 0 Å². The third kappa shape index (κ3) is 4.74. The maximum atomic E-state index is 11.7. The first kappa shape index (κ1) is 14.0. The number of carbonyl (C=O) groups excluding carboxylic acids is 1. The van der Waals surface area contributed by atoms with Crippen molar-refractivity contribution >= 4 is 17.7 Å². The topological polar surface area (TPSA) is 94.0 Å². The molecule has 3 N–H and O–H groups in total. The van der Waals surface area contributed by atoms with Gasteiger partial charge in [-0.25, -0.2) is 0 Å². The summed E-state index contributed by atoms with van der Waals surface area (Å²) >= 11 is 1.24. The van der Waals surface area contributed by atoms with Crippen LogP contribution in [0.5, 0.6) is 0 Å². The fourth-order valence-corrected chi connectivity index (χ4v) is 1.83. The molecule has 0 bridgehead atoms. The highest BCUT2D eigenvalue weighted by molar-refractivity contribution is 8.00. The Hall–Kier alpha value is -1.08. The molecule has 1 rings (SSSR count). The molecule has 17 heavy (non-hydrogen) atoms. The smallest absolute Gasteiger partial charge is 0.277 e. The van der Waals surface area contributed by atoms with Gasteiger partial charge in [0.1, 0.15) is 0 Å². The monoisotopic (exact) mass is 258 g/mol. The first-order valence-corrected chi connectivity index (χ1v) is 6.52. The molecule has 1 amide bonds. The van der Waals surface area contributed by atoms with Crippen LogP contribution in [0.2, 0.25) is 0 Å². The molecule has 96 valence electrons. The van der Waals surface area contributed by atoms with Gasteiger partial charge in [-0.15, -0.1) is 10.2 Å². The molecular weight excluding hydrogens is 240 g/mol. The second-order valence-corrected chi connectivity index (χ2v) is 4.86. The molecule has 0 radical (unpaired) electrons. The molecule has 7 heteroatoms. The molecule has 0 aliphatic carbocycles. The second kappa shape index (κ2) is 7.29. The number of unbranched alkanes of at least 4 members (excludes halogenated alkanes) is 1. The maximum Gasteiger partial charge on any atom is 0.277 e. The van der Waals surface area contributed by atoms with Crippen molar-refractivity contribution in [2.24, 2.45) is 5.73 Å². The van der Waals surface area contributed by atoms with Crippen LogP contribution >= 0.6 is 11.8 Å². The van der Waals surface area contributed by atoms with E-state index in [1.165, 1.54) is 11.8 Å². The normalized spacial score (nSPS) is 12.4. The predicted octanol–water partition coefficient (Wildman–Crippen LogP) is 0.925. The van der Waals surface area contributed by atoms with E-state index >= 15 is 0 Å². The van der Waals surface area contributed by atoms with Crippen LogP contribution < -0.4 is 11.1 Å². The number of thioether (sulfide) groups is 1. The third-order valence-corrected chi connectivity index (χ3v) is 3.03. The van der Waals surface area contributed by atoms with Crippen LogP contribution in [0, 0.1) is 0 Å². The maximum absolute atomic E-state index is 11.7. The number of amides is 1. The van der Waals surface area contributed by atoms with Crippen LogP contribution in [0.1, 0.15) is 32.6 Å². The number of hydrogen-bond acceptors (Lipinski definition) is 6. The lowest BCUT2D eigenvalue weighted by molar-refractivity contribution is -0.120. The van der Waals surface area contributed by atoms with Gasteiger partial charge in [0, 0.05) is 6.54 Å². The van der Waals surface area contributed by atoms with Crippen LogP contribution in [-0.4, -0.2) is 27.9 Å². The molecular formula is C10H18N4O2S. The van der Waals surface area contributed by atoms with Gasteiger partial charge >= 0.3 is 0 Å². The molecule has 0 aliphatic heterocycles. The highest BCUT2D eigenvalue weighted by atomic mass is 32.2. The van der Waals surface area contributed by atoms with E-state index in [4.69, 9.17) is 10.2 Å². The van der Waals surface area contributed by atoms with Crippen LogP contribution in [0.15, 0.2) is 9.64 Å². The fraction of sp³-hybridized carbons (Fsp3) is 0.700. The van der Waals surface area contributed by atoms with Crippen LogP contribution in [0.4, 0.5) is 0 Å². The Morgan fingerprint density at radius 3 is 2.94 bits per heavy atom. The number of carbonyl (C=O) groups is 1. The van der Waals surface area contributed by atoms with Gasteiger partial charge < -0.3 is 15.5 Å². The van der Waals surface area contributed by atoms with Crippen LogP contribution in [0.25, 0.3) is 0 Å². The highest BCUT2D eigenvalue weighted by Gasteiger charge is 2.17. The number of nitrogens with one attached hydrogen (secondary N) is 1. The minimum atomic E-state index is -0.252. The van der Waals surface area contributed by atoms with Gasteiger partial charge in [0.05, 0.1) is 11.8 Å². The molecule has 0 spiro atoms. The number of aromatic nitrogens is 2. The van der Waals surface area contributed by atoms with Gasteiger partial charge in [0.15, 0.2) is 0 Å². The lowest BCUT2D eigenvalue weighted by Crippen LogP contribution is -2.31. The lowest BCUT2D eigenvalue weighted by atomic mass is 10.3. The van der Waals surface area contributed by atoms with Crippen molar-refractivity contribution in [3.05, 3.63) is 5.89 Å². The number of nitrogens with two attached hydrogens (primary N) is 1. The van der Waals surface area contributed by atoms with Crippen molar-refractivity contribution in [3.8, 4) is 0 Å². The quantitative estimate of drug-likeness (QED) is 0.558. The molecule has 1 atom stereocenters. The summed E-state index contributed by atoms with van der Waals surface area (Å²) < 4.78 is 5.21. The number of rotatable bonds is 7. The van der Waals surface area contributed by atoms with E-state index in [9.17, 15) is 4.79 Å². The summed E-state index contributed by atoms with van der Waals surface area (Å²) in [6, 6.07) is 0. The van der Waals surface area contributed by atoms with Gasteiger partial charge in [-0.3, -0.25) is 4.79 Å². The Labute approximate surface area is 105 Å². The van der Waals surface area contributed by atoms with Gasteiger partial charge in [-0.05, 0) is 13.3 Å². The van der Waals surface area contributed by atoms with Crippen molar-refractivity contribution in [1.82, 2.24) is 15.5 Å². The summed E-state index contributed by atoms with van der Waals surface area (Å²) in [5.74, 6) is 0.363. The van der Waals surface area contributed by atoms with Gasteiger partial charge in [-0.2, -0.15) is 0 Å². The minimum absolute atomic E-state index is 0.0176. The molecule has 1 unspecified atom stereocenters. The lowest BCUT2D eigenvalue weighted by Gasteiger charge is -2.08. The Balaban J connectivity index is 2.37. The first-order valence-electron chi connectivity index (χ1n) is 5.64. The Morgan fingerprint density at radius 1 is 1.59 bits per heavy atom. The second-order valence-electron chi connectivity index (χ2n) is 3.57. The van der Waals surface area contributed by atoms with Crippen LogP contribution in [-0.2, 0) is 11.3 Å². The molecule has 0 saturated carbocycles. The zero-order valence-corrected chi connectivity index (χ0v) is 10.9.